The molecule has 2 aliphatic heterocycles. The zero-order valence-corrected chi connectivity index (χ0v) is 26.0. The minimum Gasteiger partial charge on any atom is -0.375 e. The number of hydrogen-bond donors (Lipinski definition) is 0. The molecule has 0 aromatic rings. The Morgan fingerprint density at radius 3 is 1.34 bits per heavy atom. The molecular weight excluding hydrogens is 436 g/mol. The lowest BCUT2D eigenvalue weighted by molar-refractivity contribution is -0.0110. The largest absolute Gasteiger partial charge is 0.375 e. The van der Waals surface area contributed by atoms with Gasteiger partial charge in [-0.25, -0.2) is 0 Å². The quantitative estimate of drug-likeness (QED) is 0.439. The summed E-state index contributed by atoms with van der Waals surface area (Å²) in [6.45, 7) is 30.8. The van der Waals surface area contributed by atoms with Crippen molar-refractivity contribution in [3.05, 3.63) is 0 Å². The maximum atomic E-state index is 5.65. The molecule has 2 rings (SSSR count). The highest BCUT2D eigenvalue weighted by molar-refractivity contribution is 4.75. The molecule has 2 fully saturated rings. The molecule has 35 heavy (non-hydrogen) atoms. The highest BCUT2D eigenvalue weighted by Crippen LogP contribution is 2.12. The van der Waals surface area contributed by atoms with Gasteiger partial charge < -0.3 is 29.1 Å². The molecule has 6 nitrogen and oxygen atoms in total. The van der Waals surface area contributed by atoms with Crippen molar-refractivity contribution in [2.24, 2.45) is 0 Å². The number of hydrogen-bond acceptors (Lipinski definition) is 6. The Bertz CT molecular complexity index is 494. The van der Waals surface area contributed by atoms with Crippen LogP contribution >= 0.6 is 0 Å². The van der Waals surface area contributed by atoms with Crippen LogP contribution in [0.2, 0.25) is 0 Å². The normalized spacial score (nSPS) is 18.0. The molecule has 0 saturated carbocycles. The van der Waals surface area contributed by atoms with Gasteiger partial charge in [0.1, 0.15) is 0 Å². The van der Waals surface area contributed by atoms with E-state index in [0.717, 1.165) is 26.3 Å². The molecule has 0 N–H and O–H groups in total. The van der Waals surface area contributed by atoms with Crippen molar-refractivity contribution in [1.29, 1.82) is 0 Å². The van der Waals surface area contributed by atoms with Crippen molar-refractivity contribution in [1.82, 2.24) is 19.6 Å². The fourth-order valence-corrected chi connectivity index (χ4v) is 3.65. The molecule has 0 aromatic carbocycles. The number of likely N-dealkylation sites (tertiary alicyclic amines) is 2. The van der Waals surface area contributed by atoms with Gasteiger partial charge in [-0.05, 0) is 135 Å². The zero-order valence-electron chi connectivity index (χ0n) is 26.0. The van der Waals surface area contributed by atoms with Gasteiger partial charge in [-0.15, -0.1) is 0 Å². The van der Waals surface area contributed by atoms with Gasteiger partial charge in [-0.3, -0.25) is 0 Å². The van der Waals surface area contributed by atoms with E-state index in [9.17, 15) is 0 Å². The van der Waals surface area contributed by atoms with E-state index >= 15 is 0 Å². The van der Waals surface area contributed by atoms with Crippen molar-refractivity contribution in [3.63, 3.8) is 0 Å². The van der Waals surface area contributed by atoms with Crippen molar-refractivity contribution in [3.8, 4) is 0 Å². The fourth-order valence-electron chi connectivity index (χ4n) is 3.65. The third kappa shape index (κ3) is 22.7. The molecule has 0 aliphatic carbocycles. The highest BCUT2D eigenvalue weighted by atomic mass is 16.5. The van der Waals surface area contributed by atoms with Crippen LogP contribution in [0, 0.1) is 0 Å². The van der Waals surface area contributed by atoms with Gasteiger partial charge >= 0.3 is 0 Å². The van der Waals surface area contributed by atoms with Crippen LogP contribution in [0.15, 0.2) is 0 Å². The van der Waals surface area contributed by atoms with Gasteiger partial charge in [-0.2, -0.15) is 0 Å². The maximum absolute atomic E-state index is 5.65. The van der Waals surface area contributed by atoms with Crippen LogP contribution < -0.4 is 0 Å². The monoisotopic (exact) mass is 501 g/mol. The first-order valence-electron chi connectivity index (χ1n) is 14.1. The molecule has 0 bridgehead atoms. The topological polar surface area (TPSA) is 31.4 Å². The second kappa shape index (κ2) is 17.3. The first kappa shape index (κ1) is 34.8. The van der Waals surface area contributed by atoms with E-state index in [1.165, 1.54) is 65.0 Å². The predicted octanol–water partition coefficient (Wildman–Crippen LogP) is 5.07. The van der Waals surface area contributed by atoms with Crippen LogP contribution in [-0.2, 0) is 9.47 Å². The number of likely N-dealkylation sites (N-methyl/N-ethyl adjacent to an activating group) is 2. The first-order chi connectivity index (χ1) is 16.0. The van der Waals surface area contributed by atoms with Crippen LogP contribution in [-0.4, -0.2) is 123 Å². The first-order valence-corrected chi connectivity index (χ1v) is 14.1. The molecule has 6 heteroatoms. The van der Waals surface area contributed by atoms with Crippen LogP contribution in [0.5, 0.6) is 0 Å². The standard InChI is InChI=1S/C11H24N2.C10H21NO.C8H19NO/c1-11(2,3)12(4)9-10-13-7-5-6-8-13;1-10(2,3)12-9-8-11-6-4-5-7-11;1-8(2,3)10-7-6-9(4)5/h5-10H2,1-4H3;4-9H2,1-3H3;6-7H2,1-5H3. The van der Waals surface area contributed by atoms with E-state index in [1.807, 2.05) is 14.1 Å². The molecule has 212 valence electrons. The van der Waals surface area contributed by atoms with E-state index in [1.54, 1.807) is 0 Å². The zero-order chi connectivity index (χ0) is 27.1. The number of nitrogens with zero attached hydrogens (tertiary/aromatic N) is 4. The third-order valence-corrected chi connectivity index (χ3v) is 6.31. The smallest absolute Gasteiger partial charge is 0.0600 e. The summed E-state index contributed by atoms with van der Waals surface area (Å²) in [4.78, 5) is 9.60. The third-order valence-electron chi connectivity index (χ3n) is 6.31. The molecule has 2 heterocycles. The lowest BCUT2D eigenvalue weighted by Crippen LogP contribution is -2.42. The van der Waals surface area contributed by atoms with E-state index in [0.29, 0.717) is 5.54 Å². The molecule has 2 aliphatic rings. The summed E-state index contributed by atoms with van der Waals surface area (Å²) >= 11 is 0. The van der Waals surface area contributed by atoms with Crippen LogP contribution in [0.3, 0.4) is 0 Å². The summed E-state index contributed by atoms with van der Waals surface area (Å²) in [5.41, 5.74) is 0.357. The molecular formula is C29H64N4O2. The number of ether oxygens (including phenoxy) is 2. The summed E-state index contributed by atoms with van der Waals surface area (Å²) in [7, 11) is 6.31. The van der Waals surface area contributed by atoms with Gasteiger partial charge in [0.2, 0.25) is 0 Å². The predicted molar refractivity (Wildman–Crippen MR) is 154 cm³/mol. The Hall–Kier alpha value is -0.240. The van der Waals surface area contributed by atoms with E-state index in [4.69, 9.17) is 9.47 Å². The molecule has 0 atom stereocenters. The van der Waals surface area contributed by atoms with Gasteiger partial charge in [0.15, 0.2) is 0 Å². The Morgan fingerprint density at radius 2 is 0.971 bits per heavy atom. The molecule has 0 radical (unpaired) electrons. The van der Waals surface area contributed by atoms with Gasteiger partial charge in [0.25, 0.3) is 0 Å². The summed E-state index contributed by atoms with van der Waals surface area (Å²) in [6, 6.07) is 0. The Morgan fingerprint density at radius 1 is 0.571 bits per heavy atom. The highest BCUT2D eigenvalue weighted by Gasteiger charge is 2.18. The van der Waals surface area contributed by atoms with Crippen molar-refractivity contribution in [2.45, 2.75) is 105 Å². The molecule has 0 amide bonds. The molecule has 0 unspecified atom stereocenters. The van der Waals surface area contributed by atoms with Crippen molar-refractivity contribution < 1.29 is 9.47 Å². The van der Waals surface area contributed by atoms with Gasteiger partial charge in [0.05, 0.1) is 24.4 Å². The Labute approximate surface area is 220 Å². The second-order valence-electron chi connectivity index (χ2n) is 13.4. The van der Waals surface area contributed by atoms with Crippen molar-refractivity contribution in [2.75, 3.05) is 86.7 Å². The fraction of sp³-hybridized carbons (Fsp3) is 1.00. The summed E-state index contributed by atoms with van der Waals surface area (Å²) in [5, 5.41) is 0. The van der Waals surface area contributed by atoms with Gasteiger partial charge in [0, 0.05) is 31.7 Å². The van der Waals surface area contributed by atoms with E-state index < -0.39 is 0 Å². The van der Waals surface area contributed by atoms with Crippen LogP contribution in [0.1, 0.15) is 88.0 Å². The minimum absolute atomic E-state index is 0.00993. The average Bonchev–Trinajstić information content (AvgIpc) is 3.38. The lowest BCUT2D eigenvalue weighted by Gasteiger charge is -2.33. The van der Waals surface area contributed by atoms with Crippen LogP contribution in [0.4, 0.5) is 0 Å². The lowest BCUT2D eigenvalue weighted by atomic mass is 10.1. The maximum Gasteiger partial charge on any atom is 0.0600 e. The molecule has 0 aromatic heterocycles. The van der Waals surface area contributed by atoms with Gasteiger partial charge in [-0.1, -0.05) is 0 Å². The summed E-state index contributed by atoms with van der Waals surface area (Å²) < 4.78 is 11.1. The molecule has 0 spiro atoms. The number of rotatable bonds is 9. The summed E-state index contributed by atoms with van der Waals surface area (Å²) in [6.07, 6.45) is 5.55. The Kier molecular flexibility index (Phi) is 17.2. The van der Waals surface area contributed by atoms with E-state index in [-0.39, 0.29) is 11.2 Å². The van der Waals surface area contributed by atoms with Crippen LogP contribution in [0.25, 0.3) is 0 Å². The average molecular weight is 501 g/mol. The summed E-state index contributed by atoms with van der Waals surface area (Å²) in [5.74, 6) is 0. The molecule has 2 saturated heterocycles. The Balaban J connectivity index is 0.000000501. The van der Waals surface area contributed by atoms with Crippen molar-refractivity contribution >= 4 is 0 Å². The SMILES string of the molecule is CC(C)(C)OCCN1CCCC1.CN(C)CCOC(C)(C)C.CN(CCN1CCCC1)C(C)(C)C. The minimum atomic E-state index is 0.00993. The van der Waals surface area contributed by atoms with E-state index in [2.05, 4.69) is 89.0 Å². The second-order valence-corrected chi connectivity index (χ2v) is 13.4.